The average Bonchev–Trinajstić information content (AvgIpc) is 3.09. The number of benzene rings is 1. The first kappa shape index (κ1) is 16.2. The number of hydrogen-bond donors (Lipinski definition) is 0. The van der Waals surface area contributed by atoms with Crippen LogP contribution in [0.15, 0.2) is 18.2 Å². The first-order valence-electron chi connectivity index (χ1n) is 8.66. The molecule has 1 aromatic carbocycles. The van der Waals surface area contributed by atoms with E-state index in [0.29, 0.717) is 28.6 Å². The van der Waals surface area contributed by atoms with Crippen molar-refractivity contribution < 1.29 is 13.9 Å². The van der Waals surface area contributed by atoms with Crippen LogP contribution in [0.25, 0.3) is 10.9 Å². The molecule has 25 heavy (non-hydrogen) atoms. The molecule has 1 aromatic heterocycles. The minimum atomic E-state index is -0.435. The molecule has 0 saturated carbocycles. The zero-order valence-corrected chi connectivity index (χ0v) is 14.2. The average molecular weight is 344 g/mol. The molecule has 0 spiro atoms. The number of aromatic nitrogens is 2. The van der Waals surface area contributed by atoms with E-state index in [1.165, 1.54) is 26.0 Å². The Morgan fingerprint density at radius 2 is 2.20 bits per heavy atom. The second-order valence-corrected chi connectivity index (χ2v) is 6.64. The number of nitrogens with zero attached hydrogens (tertiary/aromatic N) is 4. The number of anilines is 1. The second kappa shape index (κ2) is 6.55. The van der Waals surface area contributed by atoms with Crippen molar-refractivity contribution in [2.45, 2.75) is 25.3 Å². The van der Waals surface area contributed by atoms with Crippen molar-refractivity contribution in [3.8, 4) is 0 Å². The van der Waals surface area contributed by atoms with Crippen molar-refractivity contribution in [3.63, 3.8) is 0 Å². The van der Waals surface area contributed by atoms with Crippen LogP contribution in [0, 0.1) is 5.82 Å². The quantitative estimate of drug-likeness (QED) is 0.791. The van der Waals surface area contributed by atoms with E-state index in [2.05, 4.69) is 19.8 Å². The molecule has 0 aliphatic carbocycles. The van der Waals surface area contributed by atoms with Crippen molar-refractivity contribution in [3.05, 3.63) is 29.7 Å². The fourth-order valence-corrected chi connectivity index (χ4v) is 3.85. The molecule has 0 radical (unpaired) electrons. The summed E-state index contributed by atoms with van der Waals surface area (Å²) in [7, 11) is 1.32. The molecule has 4 rings (SSSR count). The molecule has 132 valence electrons. The summed E-state index contributed by atoms with van der Waals surface area (Å²) in [6.45, 7) is 3.87. The Balaban J connectivity index is 1.73. The molecular weight excluding hydrogens is 323 g/mol. The summed E-state index contributed by atoms with van der Waals surface area (Å²) in [6.07, 6.45) is 2.36. The highest BCUT2D eigenvalue weighted by molar-refractivity contribution is 5.86. The van der Waals surface area contributed by atoms with Crippen LogP contribution < -0.4 is 4.90 Å². The molecular formula is C18H21FN4O2. The van der Waals surface area contributed by atoms with Gasteiger partial charge in [-0.3, -0.25) is 9.69 Å². The zero-order chi connectivity index (χ0) is 17.4. The summed E-state index contributed by atoms with van der Waals surface area (Å²) in [5, 5.41) is 0.302. The minimum absolute atomic E-state index is 0.0627. The zero-order valence-electron chi connectivity index (χ0n) is 14.2. The van der Waals surface area contributed by atoms with Crippen LogP contribution in [-0.2, 0) is 16.0 Å². The molecule has 2 aliphatic heterocycles. The van der Waals surface area contributed by atoms with Gasteiger partial charge in [-0.1, -0.05) is 6.07 Å². The first-order valence-corrected chi connectivity index (χ1v) is 8.66. The van der Waals surface area contributed by atoms with E-state index in [4.69, 9.17) is 4.74 Å². The molecule has 3 heterocycles. The van der Waals surface area contributed by atoms with Gasteiger partial charge in [0.15, 0.2) is 0 Å². The predicted molar refractivity (Wildman–Crippen MR) is 92.0 cm³/mol. The van der Waals surface area contributed by atoms with Gasteiger partial charge in [0.1, 0.15) is 5.82 Å². The Labute approximate surface area is 145 Å². The van der Waals surface area contributed by atoms with Crippen molar-refractivity contribution in [1.29, 1.82) is 0 Å². The van der Waals surface area contributed by atoms with Gasteiger partial charge in [0.05, 0.1) is 30.1 Å². The van der Waals surface area contributed by atoms with Gasteiger partial charge in [-0.05, 0) is 31.5 Å². The molecule has 0 bridgehead atoms. The van der Waals surface area contributed by atoms with Crippen LogP contribution in [0.5, 0.6) is 0 Å². The lowest BCUT2D eigenvalue weighted by atomic mass is 10.1. The van der Waals surface area contributed by atoms with Gasteiger partial charge in [-0.15, -0.1) is 0 Å². The normalized spacial score (nSPS) is 20.7. The van der Waals surface area contributed by atoms with Crippen molar-refractivity contribution in [1.82, 2.24) is 14.9 Å². The van der Waals surface area contributed by atoms with Crippen molar-refractivity contribution in [2.24, 2.45) is 0 Å². The number of esters is 1. The molecule has 7 heteroatoms. The molecule has 0 N–H and O–H groups in total. The highest BCUT2D eigenvalue weighted by atomic mass is 19.1. The Kier molecular flexibility index (Phi) is 4.25. The topological polar surface area (TPSA) is 58.6 Å². The lowest BCUT2D eigenvalue weighted by Gasteiger charge is -2.37. The van der Waals surface area contributed by atoms with Crippen LogP contribution in [0.4, 0.5) is 10.3 Å². The minimum Gasteiger partial charge on any atom is -0.469 e. The first-order chi connectivity index (χ1) is 12.2. The Hall–Kier alpha value is -2.28. The van der Waals surface area contributed by atoms with Gasteiger partial charge in [0.2, 0.25) is 5.95 Å². The third-order valence-electron chi connectivity index (χ3n) is 5.15. The maximum absolute atomic E-state index is 14.3. The van der Waals surface area contributed by atoms with E-state index >= 15 is 0 Å². The number of ether oxygens (including phenoxy) is 1. The molecule has 2 aromatic rings. The smallest absolute Gasteiger partial charge is 0.311 e. The molecule has 2 saturated heterocycles. The maximum Gasteiger partial charge on any atom is 0.311 e. The van der Waals surface area contributed by atoms with Gasteiger partial charge in [-0.2, -0.15) is 0 Å². The Bertz CT molecular complexity index is 813. The molecule has 6 nitrogen and oxygen atoms in total. The number of fused-ring (bicyclic) bond motifs is 2. The number of carbonyl (C=O) groups is 1. The van der Waals surface area contributed by atoms with Gasteiger partial charge in [-0.25, -0.2) is 14.4 Å². The number of hydrogen-bond acceptors (Lipinski definition) is 6. The van der Waals surface area contributed by atoms with Crippen LogP contribution in [0.2, 0.25) is 0 Å². The molecule has 2 fully saturated rings. The predicted octanol–water partition coefficient (Wildman–Crippen LogP) is 1.77. The number of halogens is 1. The number of rotatable bonds is 3. The molecule has 1 atom stereocenters. The summed E-state index contributed by atoms with van der Waals surface area (Å²) < 4.78 is 19.0. The summed E-state index contributed by atoms with van der Waals surface area (Å²) >= 11 is 0. The van der Waals surface area contributed by atoms with Crippen molar-refractivity contribution in [2.75, 3.05) is 38.2 Å². The highest BCUT2D eigenvalue weighted by Gasteiger charge is 2.32. The van der Waals surface area contributed by atoms with Crippen LogP contribution in [0.3, 0.4) is 0 Å². The molecule has 2 aliphatic rings. The largest absolute Gasteiger partial charge is 0.469 e. The SMILES string of the molecule is COC(=O)Cc1nc(N2CCN3CCC[C@@H]3C2)nc2cccc(F)c12. The van der Waals surface area contributed by atoms with E-state index in [0.717, 1.165) is 26.2 Å². The summed E-state index contributed by atoms with van der Waals surface area (Å²) in [5.41, 5.74) is 0.913. The monoisotopic (exact) mass is 344 g/mol. The van der Waals surface area contributed by atoms with Gasteiger partial charge in [0.25, 0.3) is 0 Å². The van der Waals surface area contributed by atoms with Crippen LogP contribution in [-0.4, -0.2) is 60.2 Å². The van der Waals surface area contributed by atoms with Crippen LogP contribution >= 0.6 is 0 Å². The fraction of sp³-hybridized carbons (Fsp3) is 0.500. The van der Waals surface area contributed by atoms with E-state index in [9.17, 15) is 9.18 Å². The summed E-state index contributed by atoms with van der Waals surface area (Å²) in [5.74, 6) is -0.276. The van der Waals surface area contributed by atoms with Crippen LogP contribution in [0.1, 0.15) is 18.5 Å². The standard InChI is InChI=1S/C18H21FN4O2/c1-25-16(24)10-15-17-13(19)5-2-6-14(17)20-18(21-15)23-9-8-22-7-3-4-12(22)11-23/h2,5-6,12H,3-4,7-11H2,1H3/t12-/m1/s1. The maximum atomic E-state index is 14.3. The Morgan fingerprint density at radius 1 is 1.32 bits per heavy atom. The van der Waals surface area contributed by atoms with E-state index in [-0.39, 0.29) is 6.42 Å². The van der Waals surface area contributed by atoms with Crippen molar-refractivity contribution >= 4 is 22.8 Å². The molecule has 0 unspecified atom stereocenters. The van der Waals surface area contributed by atoms with Gasteiger partial charge < -0.3 is 9.64 Å². The van der Waals surface area contributed by atoms with E-state index < -0.39 is 11.8 Å². The lowest BCUT2D eigenvalue weighted by Crippen LogP contribution is -2.50. The number of methoxy groups -OCH3 is 1. The third-order valence-corrected chi connectivity index (χ3v) is 5.15. The summed E-state index contributed by atoms with van der Waals surface area (Å²) in [6, 6.07) is 5.29. The summed E-state index contributed by atoms with van der Waals surface area (Å²) in [4.78, 5) is 25.5. The van der Waals surface area contributed by atoms with E-state index in [1.807, 2.05) is 0 Å². The van der Waals surface area contributed by atoms with E-state index in [1.54, 1.807) is 12.1 Å². The highest BCUT2D eigenvalue weighted by Crippen LogP contribution is 2.27. The lowest BCUT2D eigenvalue weighted by molar-refractivity contribution is -0.139. The number of piperazine rings is 1. The molecule has 0 amide bonds. The number of carbonyl (C=O) groups excluding carboxylic acids is 1. The third kappa shape index (κ3) is 3.04. The van der Waals surface area contributed by atoms with Gasteiger partial charge >= 0.3 is 5.97 Å². The Morgan fingerprint density at radius 3 is 3.04 bits per heavy atom. The fourth-order valence-electron chi connectivity index (χ4n) is 3.85. The second-order valence-electron chi connectivity index (χ2n) is 6.64. The van der Waals surface area contributed by atoms with Gasteiger partial charge in [0, 0.05) is 25.7 Å².